The highest BCUT2D eigenvalue weighted by molar-refractivity contribution is 7.13. The van der Waals surface area contributed by atoms with Gasteiger partial charge >= 0.3 is 0 Å². The molecule has 4 aromatic rings. The van der Waals surface area contributed by atoms with Crippen LogP contribution >= 0.6 is 11.3 Å². The summed E-state index contributed by atoms with van der Waals surface area (Å²) in [6.45, 7) is 0.496. The summed E-state index contributed by atoms with van der Waals surface area (Å²) in [7, 11) is 0. The Morgan fingerprint density at radius 3 is 3.14 bits per heavy atom. The van der Waals surface area contributed by atoms with Crippen LogP contribution in [0, 0.1) is 0 Å². The van der Waals surface area contributed by atoms with Gasteiger partial charge < -0.3 is 5.32 Å². The maximum Gasteiger partial charge on any atom is 0.191 e. The number of nitrogens with zero attached hydrogens (tertiary/aromatic N) is 5. The number of anilines is 1. The molecule has 0 aliphatic rings. The van der Waals surface area contributed by atoms with E-state index in [1.54, 1.807) is 17.5 Å². The lowest BCUT2D eigenvalue weighted by Gasteiger charge is -2.02. The SMILES string of the molecule is c1csc(-c2n[nH]c(CNc3ncnc4[nH]ncc34)n2)c1. The predicted octanol–water partition coefficient (Wildman–Crippen LogP) is 1.81. The van der Waals surface area contributed by atoms with Crippen molar-refractivity contribution < 1.29 is 0 Å². The fourth-order valence-corrected chi connectivity index (χ4v) is 2.62. The average Bonchev–Trinajstić information content (AvgIpc) is 3.23. The predicted molar refractivity (Wildman–Crippen MR) is 78.7 cm³/mol. The van der Waals surface area contributed by atoms with Gasteiger partial charge in [0.05, 0.1) is 23.0 Å². The average molecular weight is 298 g/mol. The first-order valence-electron chi connectivity index (χ1n) is 6.23. The van der Waals surface area contributed by atoms with Crippen LogP contribution in [0.3, 0.4) is 0 Å². The maximum absolute atomic E-state index is 4.45. The summed E-state index contributed by atoms with van der Waals surface area (Å²) in [6, 6.07) is 3.97. The van der Waals surface area contributed by atoms with Crippen molar-refractivity contribution in [2.24, 2.45) is 0 Å². The summed E-state index contributed by atoms with van der Waals surface area (Å²) in [5.41, 5.74) is 0.698. The lowest BCUT2D eigenvalue weighted by Crippen LogP contribution is -2.03. The maximum atomic E-state index is 4.45. The molecule has 21 heavy (non-hydrogen) atoms. The van der Waals surface area contributed by atoms with Crippen LogP contribution in [-0.4, -0.2) is 35.3 Å². The molecule has 104 valence electrons. The minimum Gasteiger partial charge on any atom is -0.362 e. The Labute approximate surface area is 122 Å². The van der Waals surface area contributed by atoms with E-state index in [1.165, 1.54) is 6.33 Å². The summed E-state index contributed by atoms with van der Waals surface area (Å²) in [5, 5.41) is 19.9. The van der Waals surface area contributed by atoms with Crippen LogP contribution in [0.1, 0.15) is 5.82 Å². The lowest BCUT2D eigenvalue weighted by atomic mass is 10.4. The van der Waals surface area contributed by atoms with Crippen molar-refractivity contribution in [3.63, 3.8) is 0 Å². The van der Waals surface area contributed by atoms with Gasteiger partial charge in [0, 0.05) is 0 Å². The van der Waals surface area contributed by atoms with Crippen molar-refractivity contribution >= 4 is 28.2 Å². The van der Waals surface area contributed by atoms with E-state index in [0.717, 1.165) is 16.1 Å². The highest BCUT2D eigenvalue weighted by Crippen LogP contribution is 2.21. The molecule has 0 aliphatic carbocycles. The van der Waals surface area contributed by atoms with Crippen LogP contribution in [-0.2, 0) is 6.54 Å². The van der Waals surface area contributed by atoms with Crippen molar-refractivity contribution in [2.75, 3.05) is 5.32 Å². The Morgan fingerprint density at radius 2 is 2.24 bits per heavy atom. The first-order valence-corrected chi connectivity index (χ1v) is 7.11. The van der Waals surface area contributed by atoms with Crippen LogP contribution in [0.5, 0.6) is 0 Å². The zero-order valence-electron chi connectivity index (χ0n) is 10.7. The molecule has 0 fully saturated rings. The fraction of sp³-hybridized carbons (Fsp3) is 0.0833. The van der Waals surface area contributed by atoms with Crippen molar-refractivity contribution in [2.45, 2.75) is 6.54 Å². The molecule has 0 atom stereocenters. The van der Waals surface area contributed by atoms with E-state index in [-0.39, 0.29) is 0 Å². The number of thiophene rings is 1. The molecule has 0 aromatic carbocycles. The number of hydrogen-bond acceptors (Lipinski definition) is 7. The van der Waals surface area contributed by atoms with Crippen molar-refractivity contribution in [3.8, 4) is 10.7 Å². The third kappa shape index (κ3) is 2.23. The molecule has 8 nitrogen and oxygen atoms in total. The van der Waals surface area contributed by atoms with Gasteiger partial charge in [-0.15, -0.1) is 11.3 Å². The molecule has 3 N–H and O–H groups in total. The molecule has 0 amide bonds. The lowest BCUT2D eigenvalue weighted by molar-refractivity contribution is 0.948. The zero-order valence-corrected chi connectivity index (χ0v) is 11.6. The molecule has 0 bridgehead atoms. The minimum absolute atomic E-state index is 0.496. The summed E-state index contributed by atoms with van der Waals surface area (Å²) in [6.07, 6.45) is 3.18. The van der Waals surface area contributed by atoms with Gasteiger partial charge in [0.15, 0.2) is 11.5 Å². The summed E-state index contributed by atoms with van der Waals surface area (Å²) < 4.78 is 0. The second kappa shape index (κ2) is 4.94. The first-order chi connectivity index (χ1) is 10.4. The fourth-order valence-electron chi connectivity index (χ4n) is 1.96. The topological polar surface area (TPSA) is 108 Å². The molecule has 4 heterocycles. The second-order valence-electron chi connectivity index (χ2n) is 4.29. The third-order valence-electron chi connectivity index (χ3n) is 2.94. The van der Waals surface area contributed by atoms with Crippen LogP contribution < -0.4 is 5.32 Å². The second-order valence-corrected chi connectivity index (χ2v) is 5.24. The highest BCUT2D eigenvalue weighted by Gasteiger charge is 2.08. The van der Waals surface area contributed by atoms with Gasteiger partial charge in [-0.3, -0.25) is 10.2 Å². The zero-order chi connectivity index (χ0) is 14.1. The van der Waals surface area contributed by atoms with Crippen LogP contribution in [0.25, 0.3) is 21.7 Å². The minimum atomic E-state index is 0.496. The van der Waals surface area contributed by atoms with Gasteiger partial charge in [0.1, 0.15) is 18.0 Å². The number of fused-ring (bicyclic) bond motifs is 1. The number of H-pyrrole nitrogens is 2. The Kier molecular flexibility index (Phi) is 2.82. The number of aromatic nitrogens is 7. The Bertz CT molecular complexity index is 862. The molecule has 0 spiro atoms. The van der Waals surface area contributed by atoms with E-state index < -0.39 is 0 Å². The molecule has 4 aromatic heterocycles. The first kappa shape index (κ1) is 12.0. The van der Waals surface area contributed by atoms with E-state index in [9.17, 15) is 0 Å². The van der Waals surface area contributed by atoms with E-state index in [1.807, 2.05) is 17.5 Å². The van der Waals surface area contributed by atoms with Gasteiger partial charge in [0.2, 0.25) is 0 Å². The molecule has 0 aliphatic heterocycles. The smallest absolute Gasteiger partial charge is 0.191 e. The molecule has 0 unspecified atom stereocenters. The molecular formula is C12H10N8S. The third-order valence-corrected chi connectivity index (χ3v) is 3.81. The van der Waals surface area contributed by atoms with Gasteiger partial charge in [-0.2, -0.15) is 10.2 Å². The van der Waals surface area contributed by atoms with Crippen molar-refractivity contribution in [1.82, 2.24) is 35.3 Å². The van der Waals surface area contributed by atoms with Crippen LogP contribution in [0.4, 0.5) is 5.82 Å². The number of nitrogens with one attached hydrogen (secondary N) is 3. The molecular weight excluding hydrogens is 288 g/mol. The molecule has 0 saturated heterocycles. The molecule has 9 heteroatoms. The number of aromatic amines is 2. The summed E-state index contributed by atoms with van der Waals surface area (Å²) in [5.74, 6) is 2.16. The molecule has 0 radical (unpaired) electrons. The summed E-state index contributed by atoms with van der Waals surface area (Å²) >= 11 is 1.61. The number of rotatable bonds is 4. The van der Waals surface area contributed by atoms with Crippen LogP contribution in [0.15, 0.2) is 30.0 Å². The van der Waals surface area contributed by atoms with E-state index in [2.05, 4.69) is 40.7 Å². The van der Waals surface area contributed by atoms with E-state index >= 15 is 0 Å². The molecule has 0 saturated carbocycles. The van der Waals surface area contributed by atoms with Crippen LogP contribution in [0.2, 0.25) is 0 Å². The van der Waals surface area contributed by atoms with Crippen molar-refractivity contribution in [1.29, 1.82) is 0 Å². The Morgan fingerprint density at radius 1 is 1.24 bits per heavy atom. The highest BCUT2D eigenvalue weighted by atomic mass is 32.1. The van der Waals surface area contributed by atoms with Gasteiger partial charge in [0.25, 0.3) is 0 Å². The van der Waals surface area contributed by atoms with E-state index in [4.69, 9.17) is 0 Å². The normalized spacial score (nSPS) is 11.0. The molecule has 4 rings (SSSR count). The standard InChI is InChI=1S/C12H10N8S/c1-2-8(21-3-1)12-17-9(18-20-12)5-13-10-7-4-16-19-11(7)15-6-14-10/h1-4,6H,5H2,(H,17,18,20)(H2,13,14,15,16,19). The van der Waals surface area contributed by atoms with E-state index in [0.29, 0.717) is 23.8 Å². The summed E-state index contributed by atoms with van der Waals surface area (Å²) in [4.78, 5) is 13.8. The quantitative estimate of drug-likeness (QED) is 0.530. The van der Waals surface area contributed by atoms with Gasteiger partial charge in [-0.05, 0) is 11.4 Å². The number of hydrogen-bond donors (Lipinski definition) is 3. The Balaban J connectivity index is 1.53. The Hall–Kier alpha value is -2.81. The van der Waals surface area contributed by atoms with Gasteiger partial charge in [-0.1, -0.05) is 6.07 Å². The monoisotopic (exact) mass is 298 g/mol. The van der Waals surface area contributed by atoms with Crippen molar-refractivity contribution in [3.05, 3.63) is 35.9 Å². The van der Waals surface area contributed by atoms with Gasteiger partial charge in [-0.25, -0.2) is 15.0 Å². The largest absolute Gasteiger partial charge is 0.362 e.